The second kappa shape index (κ2) is 8.67. The lowest BCUT2D eigenvalue weighted by atomic mass is 9.97. The molecule has 0 bridgehead atoms. The molecule has 0 atom stereocenters. The van der Waals surface area contributed by atoms with Crippen molar-refractivity contribution in [1.29, 1.82) is 0 Å². The van der Waals surface area contributed by atoms with E-state index in [9.17, 15) is 13.2 Å². The summed E-state index contributed by atoms with van der Waals surface area (Å²) in [4.78, 5) is 5.37. The van der Waals surface area contributed by atoms with Crippen molar-refractivity contribution in [3.63, 3.8) is 0 Å². The van der Waals surface area contributed by atoms with Gasteiger partial charge < -0.3 is 4.84 Å². The molecule has 0 saturated carbocycles. The largest absolute Gasteiger partial charge is 0.417 e. The Kier molecular flexibility index (Phi) is 6.27. The summed E-state index contributed by atoms with van der Waals surface area (Å²) in [5, 5.41) is 4.77. The second-order valence-corrected chi connectivity index (χ2v) is 6.77. The first-order valence-electron chi connectivity index (χ1n) is 8.21. The van der Waals surface area contributed by atoms with Crippen LogP contribution in [0.3, 0.4) is 0 Å². The van der Waals surface area contributed by atoms with E-state index in [-0.39, 0.29) is 22.9 Å². The summed E-state index contributed by atoms with van der Waals surface area (Å²) in [5.74, 6) is 0. The zero-order valence-electron chi connectivity index (χ0n) is 14.4. The van der Waals surface area contributed by atoms with E-state index in [1.165, 1.54) is 12.1 Å². The molecule has 0 radical (unpaired) electrons. The second-order valence-electron chi connectivity index (χ2n) is 5.89. The molecule has 7 heteroatoms. The Morgan fingerprint density at radius 1 is 0.857 bits per heavy atom. The maximum Gasteiger partial charge on any atom is 0.417 e. The number of rotatable bonds is 5. The smallest absolute Gasteiger partial charge is 0.390 e. The van der Waals surface area contributed by atoms with Gasteiger partial charge in [0.05, 0.1) is 5.56 Å². The highest BCUT2D eigenvalue weighted by Gasteiger charge is 2.35. The highest BCUT2D eigenvalue weighted by atomic mass is 35.5. The Balaban J connectivity index is 2.01. The molecule has 0 aliphatic carbocycles. The van der Waals surface area contributed by atoms with E-state index in [1.54, 1.807) is 54.6 Å². The first-order chi connectivity index (χ1) is 13.3. The van der Waals surface area contributed by atoms with E-state index >= 15 is 0 Å². The SMILES string of the molecule is FC(F)(F)c1ccc(Cl)cc1C(=NOCc1ccc(Cl)cc1)c1ccccc1. The van der Waals surface area contributed by atoms with E-state index < -0.39 is 11.7 Å². The Morgan fingerprint density at radius 3 is 2.14 bits per heavy atom. The predicted octanol–water partition coefficient (Wildman–Crippen LogP) is 6.98. The van der Waals surface area contributed by atoms with Crippen molar-refractivity contribution < 1.29 is 18.0 Å². The van der Waals surface area contributed by atoms with Crippen molar-refractivity contribution in [2.45, 2.75) is 12.8 Å². The van der Waals surface area contributed by atoms with Gasteiger partial charge in [0.15, 0.2) is 0 Å². The summed E-state index contributed by atoms with van der Waals surface area (Å²) in [5.41, 5.74) is 0.315. The molecule has 144 valence electrons. The number of nitrogens with zero attached hydrogens (tertiary/aromatic N) is 1. The molecule has 0 aliphatic heterocycles. The third kappa shape index (κ3) is 5.06. The first-order valence-corrected chi connectivity index (χ1v) is 8.97. The topological polar surface area (TPSA) is 21.6 Å². The van der Waals surface area contributed by atoms with E-state index in [1.807, 2.05) is 0 Å². The van der Waals surface area contributed by atoms with Crippen LogP contribution >= 0.6 is 23.2 Å². The number of hydrogen-bond donors (Lipinski definition) is 0. The first kappa shape index (κ1) is 20.2. The lowest BCUT2D eigenvalue weighted by molar-refractivity contribution is -0.137. The minimum Gasteiger partial charge on any atom is -0.390 e. The predicted molar refractivity (Wildman–Crippen MR) is 105 cm³/mol. The van der Waals surface area contributed by atoms with Crippen LogP contribution < -0.4 is 0 Å². The molecule has 0 spiro atoms. The van der Waals surface area contributed by atoms with E-state index in [0.717, 1.165) is 11.6 Å². The van der Waals surface area contributed by atoms with Crippen LogP contribution in [0.4, 0.5) is 13.2 Å². The average Bonchev–Trinajstić information content (AvgIpc) is 2.66. The van der Waals surface area contributed by atoms with Crippen LogP contribution in [-0.2, 0) is 17.6 Å². The summed E-state index contributed by atoms with van der Waals surface area (Å²) in [7, 11) is 0. The van der Waals surface area contributed by atoms with Gasteiger partial charge in [0.25, 0.3) is 0 Å². The Hall–Kier alpha value is -2.50. The number of benzene rings is 3. The highest BCUT2D eigenvalue weighted by Crippen LogP contribution is 2.34. The molecule has 0 saturated heterocycles. The van der Waals surface area contributed by atoms with Crippen molar-refractivity contribution in [2.75, 3.05) is 0 Å². The molecule has 0 aromatic heterocycles. The molecule has 0 aliphatic rings. The van der Waals surface area contributed by atoms with Crippen molar-refractivity contribution >= 4 is 28.9 Å². The van der Waals surface area contributed by atoms with Crippen LogP contribution in [-0.4, -0.2) is 5.71 Å². The van der Waals surface area contributed by atoms with Crippen molar-refractivity contribution in [3.8, 4) is 0 Å². The molecule has 0 unspecified atom stereocenters. The van der Waals surface area contributed by atoms with E-state index in [4.69, 9.17) is 28.0 Å². The van der Waals surface area contributed by atoms with Gasteiger partial charge in [-0.05, 0) is 35.9 Å². The minimum absolute atomic E-state index is 0.0457. The fourth-order valence-corrected chi connectivity index (χ4v) is 2.86. The molecule has 2 nitrogen and oxygen atoms in total. The molecule has 3 aromatic carbocycles. The normalized spacial score (nSPS) is 12.1. The van der Waals surface area contributed by atoms with Crippen LogP contribution in [0.5, 0.6) is 0 Å². The van der Waals surface area contributed by atoms with Crippen LogP contribution in [0.25, 0.3) is 0 Å². The van der Waals surface area contributed by atoms with Gasteiger partial charge in [-0.2, -0.15) is 13.2 Å². The lowest BCUT2D eigenvalue weighted by Crippen LogP contribution is -2.15. The summed E-state index contributed by atoms with van der Waals surface area (Å²) >= 11 is 11.8. The number of alkyl halides is 3. The van der Waals surface area contributed by atoms with Crippen LogP contribution in [0.15, 0.2) is 78.0 Å². The van der Waals surface area contributed by atoms with Gasteiger partial charge in [-0.1, -0.05) is 70.8 Å². The molecular formula is C21H14Cl2F3NO. The van der Waals surface area contributed by atoms with Gasteiger partial charge in [-0.25, -0.2) is 0 Å². The van der Waals surface area contributed by atoms with Crippen LogP contribution in [0.1, 0.15) is 22.3 Å². The van der Waals surface area contributed by atoms with E-state index in [2.05, 4.69) is 5.16 Å². The third-order valence-electron chi connectivity index (χ3n) is 3.89. The summed E-state index contributed by atoms with van der Waals surface area (Å²) in [6.07, 6.45) is -4.56. The molecular weight excluding hydrogens is 410 g/mol. The van der Waals surface area contributed by atoms with E-state index in [0.29, 0.717) is 10.6 Å². The molecule has 0 amide bonds. The highest BCUT2D eigenvalue weighted by molar-refractivity contribution is 6.31. The van der Waals surface area contributed by atoms with Gasteiger partial charge in [0.1, 0.15) is 12.3 Å². The summed E-state index contributed by atoms with van der Waals surface area (Å²) < 4.78 is 40.6. The molecule has 0 N–H and O–H groups in total. The fourth-order valence-electron chi connectivity index (χ4n) is 2.56. The summed E-state index contributed by atoms with van der Waals surface area (Å²) in [6, 6.07) is 18.8. The molecule has 0 heterocycles. The van der Waals surface area contributed by atoms with Gasteiger partial charge in [0, 0.05) is 21.2 Å². The Labute approximate surface area is 170 Å². The fraction of sp³-hybridized carbons (Fsp3) is 0.0952. The minimum atomic E-state index is -4.56. The Bertz CT molecular complexity index is 971. The molecule has 0 fully saturated rings. The van der Waals surface area contributed by atoms with Gasteiger partial charge in [-0.15, -0.1) is 0 Å². The third-order valence-corrected chi connectivity index (χ3v) is 4.38. The lowest BCUT2D eigenvalue weighted by Gasteiger charge is -2.15. The average molecular weight is 424 g/mol. The van der Waals surface area contributed by atoms with Crippen molar-refractivity contribution in [1.82, 2.24) is 0 Å². The number of oxime groups is 1. The summed E-state index contributed by atoms with van der Waals surface area (Å²) in [6.45, 7) is 0.0788. The van der Waals surface area contributed by atoms with Crippen LogP contribution in [0.2, 0.25) is 10.0 Å². The van der Waals surface area contributed by atoms with Crippen molar-refractivity contribution in [3.05, 3.63) is 105 Å². The molecule has 28 heavy (non-hydrogen) atoms. The zero-order valence-corrected chi connectivity index (χ0v) is 15.9. The van der Waals surface area contributed by atoms with Gasteiger partial charge in [-0.3, -0.25) is 0 Å². The van der Waals surface area contributed by atoms with Crippen molar-refractivity contribution in [2.24, 2.45) is 5.16 Å². The maximum absolute atomic E-state index is 13.5. The monoisotopic (exact) mass is 423 g/mol. The van der Waals surface area contributed by atoms with Crippen LogP contribution in [0, 0.1) is 0 Å². The molecule has 3 rings (SSSR count). The molecule has 3 aromatic rings. The Morgan fingerprint density at radius 2 is 1.50 bits per heavy atom. The standard InChI is InChI=1S/C21H14Cl2F3NO/c22-16-8-6-14(7-9-16)13-28-27-20(15-4-2-1-3-5-15)18-12-17(23)10-11-19(18)21(24,25)26/h1-12H,13H2. The quantitative estimate of drug-likeness (QED) is 0.320. The zero-order chi connectivity index (χ0) is 20.1. The number of halogens is 5. The maximum atomic E-state index is 13.5. The van der Waals surface area contributed by atoms with Gasteiger partial charge >= 0.3 is 6.18 Å². The number of hydrogen-bond acceptors (Lipinski definition) is 2. The van der Waals surface area contributed by atoms with Gasteiger partial charge in [0.2, 0.25) is 0 Å².